The van der Waals surface area contributed by atoms with Crippen molar-refractivity contribution < 1.29 is 8.42 Å². The van der Waals surface area contributed by atoms with Crippen molar-refractivity contribution in [1.29, 1.82) is 0 Å². The van der Waals surface area contributed by atoms with Crippen molar-refractivity contribution in [3.8, 4) is 0 Å². The lowest BCUT2D eigenvalue weighted by atomic mass is 10.2. The molecule has 7 heteroatoms. The number of pyridine rings is 1. The molecule has 0 spiro atoms. The molecule has 0 aliphatic heterocycles. The highest BCUT2D eigenvalue weighted by Gasteiger charge is 2.21. The van der Waals surface area contributed by atoms with E-state index < -0.39 is 10.0 Å². The molecule has 2 rings (SSSR count). The van der Waals surface area contributed by atoms with E-state index in [1.54, 1.807) is 18.8 Å². The molecular weight excluding hydrogens is 306 g/mol. The van der Waals surface area contributed by atoms with E-state index in [-0.39, 0.29) is 4.90 Å². The predicted octanol–water partition coefficient (Wildman–Crippen LogP) is 2.21. The van der Waals surface area contributed by atoms with Crippen molar-refractivity contribution in [2.24, 2.45) is 0 Å². The minimum absolute atomic E-state index is 0.139. The molecule has 112 valence electrons. The number of nitrogen functional groups attached to an aromatic ring is 1. The number of aromatic nitrogens is 1. The van der Waals surface area contributed by atoms with Gasteiger partial charge in [-0.2, -0.15) is 4.31 Å². The van der Waals surface area contributed by atoms with Crippen LogP contribution >= 0.6 is 11.8 Å². The van der Waals surface area contributed by atoms with Gasteiger partial charge in [0.25, 0.3) is 0 Å². The van der Waals surface area contributed by atoms with Crippen molar-refractivity contribution in [3.63, 3.8) is 0 Å². The number of thioether (sulfide) groups is 1. The van der Waals surface area contributed by atoms with Gasteiger partial charge >= 0.3 is 0 Å². The van der Waals surface area contributed by atoms with Gasteiger partial charge in [-0.25, -0.2) is 13.4 Å². The molecule has 0 saturated carbocycles. The molecule has 0 aliphatic carbocycles. The number of anilines is 1. The van der Waals surface area contributed by atoms with Crippen LogP contribution in [0.15, 0.2) is 52.4 Å². The van der Waals surface area contributed by atoms with Crippen LogP contribution in [0.4, 0.5) is 5.82 Å². The zero-order valence-electron chi connectivity index (χ0n) is 11.9. The summed E-state index contributed by atoms with van der Waals surface area (Å²) in [6.45, 7) is 0.307. The number of benzene rings is 1. The van der Waals surface area contributed by atoms with Gasteiger partial charge in [-0.15, -0.1) is 11.8 Å². The molecule has 1 aromatic heterocycles. The number of hydrogen-bond acceptors (Lipinski definition) is 5. The molecular formula is C14H17N3O2S2. The van der Waals surface area contributed by atoms with E-state index >= 15 is 0 Å². The van der Waals surface area contributed by atoms with Crippen LogP contribution in [0, 0.1) is 0 Å². The third-order valence-corrected chi connectivity index (χ3v) is 5.56. The molecule has 21 heavy (non-hydrogen) atoms. The number of nitrogens with two attached hydrogens (primary N) is 1. The lowest BCUT2D eigenvalue weighted by molar-refractivity contribution is 0.466. The van der Waals surface area contributed by atoms with Crippen molar-refractivity contribution in [2.75, 3.05) is 19.0 Å². The van der Waals surface area contributed by atoms with Crippen LogP contribution in [-0.4, -0.2) is 31.0 Å². The first-order chi connectivity index (χ1) is 9.93. The highest BCUT2D eigenvalue weighted by molar-refractivity contribution is 7.98. The third kappa shape index (κ3) is 3.75. The number of nitrogens with zero attached hydrogens (tertiary/aromatic N) is 2. The molecule has 0 unspecified atom stereocenters. The Morgan fingerprint density at radius 3 is 2.38 bits per heavy atom. The van der Waals surface area contributed by atoms with Gasteiger partial charge in [-0.3, -0.25) is 0 Å². The Morgan fingerprint density at radius 2 is 1.86 bits per heavy atom. The summed E-state index contributed by atoms with van der Waals surface area (Å²) >= 11 is 1.65. The number of hydrogen-bond donors (Lipinski definition) is 1. The normalized spacial score (nSPS) is 11.8. The number of sulfonamides is 1. The Morgan fingerprint density at radius 1 is 1.19 bits per heavy atom. The second kappa shape index (κ2) is 6.46. The monoisotopic (exact) mass is 323 g/mol. The highest BCUT2D eigenvalue weighted by Crippen LogP contribution is 2.19. The van der Waals surface area contributed by atoms with Gasteiger partial charge in [0.2, 0.25) is 10.0 Å². The SMILES string of the molecule is CSc1ccc(CN(C)S(=O)(=O)c2ccc(N)nc2)cc1. The summed E-state index contributed by atoms with van der Waals surface area (Å²) in [5, 5.41) is 0. The lowest BCUT2D eigenvalue weighted by Gasteiger charge is -2.17. The van der Waals surface area contributed by atoms with Crippen molar-refractivity contribution in [2.45, 2.75) is 16.3 Å². The highest BCUT2D eigenvalue weighted by atomic mass is 32.2. The van der Waals surface area contributed by atoms with E-state index in [0.29, 0.717) is 12.4 Å². The van der Waals surface area contributed by atoms with Gasteiger partial charge in [0.1, 0.15) is 10.7 Å². The molecule has 1 aromatic carbocycles. The summed E-state index contributed by atoms with van der Waals surface area (Å²) in [7, 11) is -2.01. The molecule has 0 amide bonds. The van der Waals surface area contributed by atoms with Crippen LogP contribution in [0.25, 0.3) is 0 Å². The summed E-state index contributed by atoms with van der Waals surface area (Å²) in [6.07, 6.45) is 3.28. The molecule has 5 nitrogen and oxygen atoms in total. The van der Waals surface area contributed by atoms with Gasteiger partial charge in [-0.05, 0) is 36.1 Å². The maximum atomic E-state index is 12.4. The first-order valence-corrected chi connectivity index (χ1v) is 8.91. The van der Waals surface area contributed by atoms with Gasteiger partial charge in [-0.1, -0.05) is 12.1 Å². The fourth-order valence-corrected chi connectivity index (χ4v) is 3.31. The molecule has 2 N–H and O–H groups in total. The largest absolute Gasteiger partial charge is 0.384 e. The minimum atomic E-state index is -3.56. The van der Waals surface area contributed by atoms with Crippen molar-refractivity contribution in [1.82, 2.24) is 9.29 Å². The quantitative estimate of drug-likeness (QED) is 0.854. The van der Waals surface area contributed by atoms with Crippen LogP contribution in [0.3, 0.4) is 0 Å². The topological polar surface area (TPSA) is 76.3 Å². The minimum Gasteiger partial charge on any atom is -0.384 e. The van der Waals surface area contributed by atoms with Crippen LogP contribution in [0.5, 0.6) is 0 Å². The Labute approximate surface area is 129 Å². The zero-order chi connectivity index (χ0) is 15.5. The predicted molar refractivity (Wildman–Crippen MR) is 85.5 cm³/mol. The summed E-state index contributed by atoms with van der Waals surface area (Å²) < 4.78 is 26.1. The summed E-state index contributed by atoms with van der Waals surface area (Å²) in [4.78, 5) is 5.11. The van der Waals surface area contributed by atoms with Crippen LogP contribution in [0.2, 0.25) is 0 Å². The van der Waals surface area contributed by atoms with Crippen LogP contribution < -0.4 is 5.73 Å². The van der Waals surface area contributed by atoms with Gasteiger partial charge in [0.15, 0.2) is 0 Å². The summed E-state index contributed by atoms with van der Waals surface area (Å²) in [5.41, 5.74) is 6.41. The van der Waals surface area contributed by atoms with E-state index in [0.717, 1.165) is 10.5 Å². The van der Waals surface area contributed by atoms with Gasteiger partial charge in [0, 0.05) is 24.7 Å². The Balaban J connectivity index is 2.17. The molecule has 2 aromatic rings. The number of rotatable bonds is 5. The fraction of sp³-hybridized carbons (Fsp3) is 0.214. The standard InChI is InChI=1S/C14H17N3O2S2/c1-17(10-11-3-5-12(20-2)6-4-11)21(18,19)13-7-8-14(15)16-9-13/h3-9H,10H2,1-2H3,(H2,15,16). The Hall–Kier alpha value is -1.57. The second-order valence-corrected chi connectivity index (χ2v) is 7.45. The summed E-state index contributed by atoms with van der Waals surface area (Å²) in [6, 6.07) is 10.8. The summed E-state index contributed by atoms with van der Waals surface area (Å²) in [5.74, 6) is 0.296. The molecule has 0 radical (unpaired) electrons. The van der Waals surface area contributed by atoms with E-state index in [2.05, 4.69) is 4.98 Å². The van der Waals surface area contributed by atoms with E-state index in [1.807, 2.05) is 30.5 Å². The molecule has 0 fully saturated rings. The smallest absolute Gasteiger partial charge is 0.244 e. The molecule has 0 bridgehead atoms. The molecule has 0 aliphatic rings. The molecule has 0 saturated heterocycles. The van der Waals surface area contributed by atoms with E-state index in [4.69, 9.17) is 5.73 Å². The Kier molecular flexibility index (Phi) is 4.87. The average molecular weight is 323 g/mol. The average Bonchev–Trinajstić information content (AvgIpc) is 2.48. The molecule has 0 atom stereocenters. The lowest BCUT2D eigenvalue weighted by Crippen LogP contribution is -2.26. The second-order valence-electron chi connectivity index (χ2n) is 4.53. The maximum absolute atomic E-state index is 12.4. The maximum Gasteiger partial charge on any atom is 0.244 e. The fourth-order valence-electron chi connectivity index (χ4n) is 1.80. The van der Waals surface area contributed by atoms with Gasteiger partial charge < -0.3 is 5.73 Å². The molecule has 1 heterocycles. The Bertz CT molecular complexity index is 698. The van der Waals surface area contributed by atoms with Crippen LogP contribution in [0.1, 0.15) is 5.56 Å². The first kappa shape index (κ1) is 15.8. The zero-order valence-corrected chi connectivity index (χ0v) is 13.5. The van der Waals surface area contributed by atoms with Crippen molar-refractivity contribution in [3.05, 3.63) is 48.2 Å². The van der Waals surface area contributed by atoms with Gasteiger partial charge in [0.05, 0.1) is 0 Å². The van der Waals surface area contributed by atoms with Crippen molar-refractivity contribution >= 4 is 27.6 Å². The van der Waals surface area contributed by atoms with E-state index in [9.17, 15) is 8.42 Å². The first-order valence-electron chi connectivity index (χ1n) is 6.24. The van der Waals surface area contributed by atoms with E-state index in [1.165, 1.54) is 22.6 Å². The third-order valence-electron chi connectivity index (χ3n) is 3.03. The van der Waals surface area contributed by atoms with Crippen LogP contribution in [-0.2, 0) is 16.6 Å².